The normalized spacial score (nSPS) is 32.0. The van der Waals surface area contributed by atoms with Gasteiger partial charge in [-0.3, -0.25) is 14.4 Å². The summed E-state index contributed by atoms with van der Waals surface area (Å²) in [5, 5.41) is 10.4. The van der Waals surface area contributed by atoms with Crippen LogP contribution in [0.1, 0.15) is 60.8 Å². The Bertz CT molecular complexity index is 911. The first-order chi connectivity index (χ1) is 16.7. The molecule has 3 aliphatic rings. The van der Waals surface area contributed by atoms with Crippen molar-refractivity contribution in [1.82, 2.24) is 14.7 Å². The molecule has 0 aromatic heterocycles. The fourth-order valence-electron chi connectivity index (χ4n) is 6.72. The second-order valence-corrected chi connectivity index (χ2v) is 12.4. The second kappa shape index (κ2) is 9.93. The Balaban J connectivity index is 2.18. The van der Waals surface area contributed by atoms with Crippen LogP contribution in [0.25, 0.3) is 0 Å². The Morgan fingerprint density at radius 1 is 1.19 bits per heavy atom. The van der Waals surface area contributed by atoms with Crippen molar-refractivity contribution in [2.24, 2.45) is 17.8 Å². The van der Waals surface area contributed by atoms with Gasteiger partial charge in [0.15, 0.2) is 0 Å². The minimum absolute atomic E-state index is 0.173. The highest BCUT2D eigenvalue weighted by Crippen LogP contribution is 2.64. The van der Waals surface area contributed by atoms with Gasteiger partial charge in [-0.1, -0.05) is 26.0 Å². The summed E-state index contributed by atoms with van der Waals surface area (Å²) in [5.41, 5.74) is -2.48. The van der Waals surface area contributed by atoms with Crippen LogP contribution in [0.15, 0.2) is 25.3 Å². The molecule has 0 aromatic carbocycles. The summed E-state index contributed by atoms with van der Waals surface area (Å²) in [6.45, 7) is 19.8. The topological polar surface area (TPSA) is 90.4 Å². The molecule has 202 valence electrons. The number of amides is 3. The van der Waals surface area contributed by atoms with E-state index in [9.17, 15) is 19.5 Å². The summed E-state index contributed by atoms with van der Waals surface area (Å²) in [5.74, 6) is -1.96. The Kier molecular flexibility index (Phi) is 7.83. The zero-order valence-corrected chi connectivity index (χ0v) is 23.1. The molecule has 3 rings (SSSR count). The summed E-state index contributed by atoms with van der Waals surface area (Å²) < 4.78 is 6.72. The molecule has 6 atom stereocenters. The Labute approximate surface area is 216 Å². The summed E-state index contributed by atoms with van der Waals surface area (Å²) in [7, 11) is 1.70. The van der Waals surface area contributed by atoms with Crippen molar-refractivity contribution < 1.29 is 24.2 Å². The molecule has 3 amide bonds. The van der Waals surface area contributed by atoms with E-state index in [2.05, 4.69) is 13.2 Å². The monoisotopic (exact) mass is 503 g/mol. The van der Waals surface area contributed by atoms with Gasteiger partial charge >= 0.3 is 0 Å². The SMILES string of the molecule is C=CCN(C)C(=O)[C@@H]1[C@H]2C(=O)N([C@@H](CO)CC(C)C)C(C(=O)N(CC=C)C(C)(C)C)C23CC[C@@]1(C)O3. The highest BCUT2D eigenvalue weighted by molar-refractivity contribution is 5.99. The highest BCUT2D eigenvalue weighted by Gasteiger charge is 2.78. The molecule has 2 unspecified atom stereocenters. The summed E-state index contributed by atoms with van der Waals surface area (Å²) >= 11 is 0. The third-order valence-electron chi connectivity index (χ3n) is 8.23. The lowest BCUT2D eigenvalue weighted by Gasteiger charge is -2.43. The van der Waals surface area contributed by atoms with Crippen LogP contribution in [0.2, 0.25) is 0 Å². The molecule has 3 heterocycles. The number of hydrogen-bond donors (Lipinski definition) is 1. The van der Waals surface area contributed by atoms with Crippen LogP contribution >= 0.6 is 0 Å². The van der Waals surface area contributed by atoms with E-state index in [0.717, 1.165) is 0 Å². The second-order valence-electron chi connectivity index (χ2n) is 12.4. The number of carbonyl (C=O) groups is 3. The van der Waals surface area contributed by atoms with E-state index < -0.39 is 40.7 Å². The third-order valence-corrected chi connectivity index (χ3v) is 8.23. The molecule has 36 heavy (non-hydrogen) atoms. The van der Waals surface area contributed by atoms with Gasteiger partial charge < -0.3 is 24.5 Å². The average Bonchev–Trinajstić information content (AvgIpc) is 3.35. The fourth-order valence-corrected chi connectivity index (χ4v) is 6.72. The zero-order chi connectivity index (χ0) is 27.2. The van der Waals surface area contributed by atoms with E-state index in [1.165, 1.54) is 0 Å². The molecule has 0 aliphatic carbocycles. The minimum atomic E-state index is -1.12. The van der Waals surface area contributed by atoms with Gasteiger partial charge in [-0.2, -0.15) is 0 Å². The van der Waals surface area contributed by atoms with Gasteiger partial charge in [-0.15, -0.1) is 13.2 Å². The lowest BCUT2D eigenvalue weighted by Crippen LogP contribution is -2.61. The number of likely N-dealkylation sites (tertiary alicyclic amines) is 1. The van der Waals surface area contributed by atoms with Gasteiger partial charge in [0.05, 0.1) is 30.1 Å². The number of aliphatic hydroxyl groups is 1. The molecule has 8 heteroatoms. The highest BCUT2D eigenvalue weighted by atomic mass is 16.5. The molecule has 2 bridgehead atoms. The predicted molar refractivity (Wildman–Crippen MR) is 139 cm³/mol. The smallest absolute Gasteiger partial charge is 0.249 e. The lowest BCUT2D eigenvalue weighted by atomic mass is 9.66. The molecule has 0 radical (unpaired) electrons. The van der Waals surface area contributed by atoms with Crippen molar-refractivity contribution >= 4 is 17.7 Å². The number of nitrogens with zero attached hydrogens (tertiary/aromatic N) is 3. The van der Waals surface area contributed by atoms with Gasteiger partial charge in [0.1, 0.15) is 11.6 Å². The summed E-state index contributed by atoms with van der Waals surface area (Å²) in [6.07, 6.45) is 4.96. The van der Waals surface area contributed by atoms with Gasteiger partial charge in [-0.05, 0) is 52.9 Å². The first-order valence-corrected chi connectivity index (χ1v) is 13.1. The van der Waals surface area contributed by atoms with Crippen LogP contribution in [0.4, 0.5) is 0 Å². The Hall–Kier alpha value is -2.19. The molecule has 3 aliphatic heterocycles. The number of ether oxygens (including phenoxy) is 1. The molecule has 1 spiro atoms. The lowest BCUT2D eigenvalue weighted by molar-refractivity contribution is -0.159. The van der Waals surface area contributed by atoms with E-state index in [4.69, 9.17) is 4.74 Å². The average molecular weight is 504 g/mol. The van der Waals surface area contributed by atoms with Crippen LogP contribution in [0, 0.1) is 17.8 Å². The third kappa shape index (κ3) is 4.40. The maximum absolute atomic E-state index is 14.4. The number of hydrogen-bond acceptors (Lipinski definition) is 5. The number of rotatable bonds is 10. The fraction of sp³-hybridized carbons (Fsp3) is 0.750. The molecule has 3 saturated heterocycles. The van der Waals surface area contributed by atoms with Gasteiger partial charge in [0.2, 0.25) is 17.7 Å². The molecule has 1 N–H and O–H groups in total. The number of aliphatic hydroxyl groups excluding tert-OH is 1. The van der Waals surface area contributed by atoms with Gasteiger partial charge in [-0.25, -0.2) is 0 Å². The maximum Gasteiger partial charge on any atom is 0.249 e. The van der Waals surface area contributed by atoms with E-state index in [-0.39, 0.29) is 30.2 Å². The van der Waals surface area contributed by atoms with Crippen LogP contribution < -0.4 is 0 Å². The number of fused-ring (bicyclic) bond motifs is 1. The van der Waals surface area contributed by atoms with Crippen molar-refractivity contribution in [3.05, 3.63) is 25.3 Å². The predicted octanol–water partition coefficient (Wildman–Crippen LogP) is 2.62. The number of likely N-dealkylation sites (N-methyl/N-ethyl adjacent to an activating group) is 1. The first kappa shape index (κ1) is 28.4. The molecule has 8 nitrogen and oxygen atoms in total. The number of carbonyl (C=O) groups excluding carboxylic acids is 3. The van der Waals surface area contributed by atoms with E-state index in [1.54, 1.807) is 33.9 Å². The van der Waals surface area contributed by atoms with Crippen molar-refractivity contribution in [3.63, 3.8) is 0 Å². The van der Waals surface area contributed by atoms with E-state index in [1.807, 2.05) is 41.5 Å². The van der Waals surface area contributed by atoms with Crippen molar-refractivity contribution in [2.45, 2.75) is 89.6 Å². The Morgan fingerprint density at radius 2 is 1.81 bits per heavy atom. The van der Waals surface area contributed by atoms with Gasteiger partial charge in [0.25, 0.3) is 0 Å². The largest absolute Gasteiger partial charge is 0.394 e. The molecular formula is C28H45N3O5. The molecular weight excluding hydrogens is 458 g/mol. The van der Waals surface area contributed by atoms with Crippen molar-refractivity contribution in [3.8, 4) is 0 Å². The van der Waals surface area contributed by atoms with Crippen LogP contribution in [-0.4, -0.2) is 93.1 Å². The van der Waals surface area contributed by atoms with Gasteiger partial charge in [0, 0.05) is 25.7 Å². The van der Waals surface area contributed by atoms with Crippen LogP contribution in [0.5, 0.6) is 0 Å². The minimum Gasteiger partial charge on any atom is -0.394 e. The van der Waals surface area contributed by atoms with Crippen molar-refractivity contribution in [2.75, 3.05) is 26.7 Å². The maximum atomic E-state index is 14.4. The summed E-state index contributed by atoms with van der Waals surface area (Å²) in [4.78, 5) is 47.2. The molecule has 0 aromatic rings. The van der Waals surface area contributed by atoms with Crippen LogP contribution in [0.3, 0.4) is 0 Å². The van der Waals surface area contributed by atoms with E-state index >= 15 is 0 Å². The zero-order valence-electron chi connectivity index (χ0n) is 23.1. The summed E-state index contributed by atoms with van der Waals surface area (Å²) in [6, 6.07) is -1.47. The standard InChI is InChI=1S/C28H45N3O5/c1-10-14-29(9)23(33)20-21-24(34)31(19(17-32)16-18(3)4)22(28(21)13-12-27(20,8)36-28)25(35)30(15-11-2)26(5,6)7/h10-11,18-22,32H,1-2,12-17H2,3-9H3/t19-,20+,21+,22?,27-,28?/m1/s1. The van der Waals surface area contributed by atoms with Crippen LogP contribution in [-0.2, 0) is 19.1 Å². The Morgan fingerprint density at radius 3 is 2.31 bits per heavy atom. The molecule has 3 fully saturated rings. The first-order valence-electron chi connectivity index (χ1n) is 13.1. The molecule has 0 saturated carbocycles. The quantitative estimate of drug-likeness (QED) is 0.463. The van der Waals surface area contributed by atoms with Crippen molar-refractivity contribution in [1.29, 1.82) is 0 Å². The van der Waals surface area contributed by atoms with E-state index in [0.29, 0.717) is 32.4 Å².